The minimum absolute atomic E-state index is 0.0590. The van der Waals surface area contributed by atoms with Gasteiger partial charge in [-0.1, -0.05) is 25.7 Å². The molecule has 0 spiro atoms. The molecule has 2 bridgehead atoms. The summed E-state index contributed by atoms with van der Waals surface area (Å²) >= 11 is 0. The van der Waals surface area contributed by atoms with Gasteiger partial charge in [0.05, 0.1) is 11.7 Å². The Bertz CT molecular complexity index is 1980. The minimum atomic E-state index is 0.0590. The first kappa shape index (κ1) is 32.7. The lowest BCUT2D eigenvalue weighted by atomic mass is 9.84. The lowest BCUT2D eigenvalue weighted by Crippen LogP contribution is -2.53. The molecule has 13 heteroatoms. The summed E-state index contributed by atoms with van der Waals surface area (Å²) in [6.45, 7) is 8.95. The fourth-order valence-electron chi connectivity index (χ4n) is 8.41. The van der Waals surface area contributed by atoms with Crippen LogP contribution in [0.25, 0.3) is 27.5 Å². The second kappa shape index (κ2) is 13.0. The van der Waals surface area contributed by atoms with Gasteiger partial charge in [0.1, 0.15) is 28.7 Å². The van der Waals surface area contributed by atoms with E-state index in [-0.39, 0.29) is 5.54 Å². The maximum atomic E-state index is 5.09. The van der Waals surface area contributed by atoms with Crippen LogP contribution in [0.2, 0.25) is 0 Å². The van der Waals surface area contributed by atoms with Gasteiger partial charge < -0.3 is 16.0 Å². The van der Waals surface area contributed by atoms with E-state index in [0.29, 0.717) is 41.8 Å². The highest BCUT2D eigenvalue weighted by Gasteiger charge is 2.39. The molecule has 5 aromatic heterocycles. The molecule has 0 aromatic carbocycles. The molecule has 0 amide bonds. The number of anilines is 4. The van der Waals surface area contributed by atoms with Gasteiger partial charge in [0.2, 0.25) is 0 Å². The molecule has 3 fully saturated rings. The molecule has 3 saturated heterocycles. The van der Waals surface area contributed by atoms with E-state index in [9.17, 15) is 0 Å². The molecule has 7 atom stereocenters. The molecular formula is C36H47N11P2. The summed E-state index contributed by atoms with van der Waals surface area (Å²) in [5.74, 6) is 3.12. The van der Waals surface area contributed by atoms with Crippen LogP contribution in [0.15, 0.2) is 55.0 Å². The van der Waals surface area contributed by atoms with Gasteiger partial charge >= 0.3 is 0 Å². The van der Waals surface area contributed by atoms with Crippen LogP contribution >= 0.6 is 18.8 Å². The normalized spacial score (nSPS) is 25.6. The third kappa shape index (κ3) is 6.24. The van der Waals surface area contributed by atoms with E-state index in [1.54, 1.807) is 0 Å². The first-order valence-electron chi connectivity index (χ1n) is 17.6. The molecule has 3 aliphatic heterocycles. The van der Waals surface area contributed by atoms with Crippen LogP contribution in [-0.2, 0) is 0 Å². The molecule has 8 rings (SSSR count). The fourth-order valence-corrected chi connectivity index (χ4v) is 9.39. The molecule has 3 N–H and O–H groups in total. The predicted molar refractivity (Wildman–Crippen MR) is 206 cm³/mol. The molecule has 49 heavy (non-hydrogen) atoms. The van der Waals surface area contributed by atoms with E-state index < -0.39 is 0 Å². The summed E-state index contributed by atoms with van der Waals surface area (Å²) < 4.78 is 6.85. The van der Waals surface area contributed by atoms with Gasteiger partial charge in [-0.2, -0.15) is 0 Å². The van der Waals surface area contributed by atoms with Crippen LogP contribution in [0, 0.1) is 6.92 Å². The molecule has 3 unspecified atom stereocenters. The Hall–Kier alpha value is -3.49. The quantitative estimate of drug-likeness (QED) is 0.144. The van der Waals surface area contributed by atoms with E-state index in [4.69, 9.17) is 25.0 Å². The Kier molecular flexibility index (Phi) is 8.68. The van der Waals surface area contributed by atoms with Gasteiger partial charge in [-0.15, -0.1) is 5.10 Å². The van der Waals surface area contributed by atoms with Gasteiger partial charge in [-0.3, -0.25) is 19.3 Å². The van der Waals surface area contributed by atoms with Crippen LogP contribution in [0.4, 0.5) is 23.3 Å². The molecule has 256 valence electrons. The lowest BCUT2D eigenvalue weighted by Gasteiger charge is -2.48. The first-order valence-corrected chi connectivity index (χ1v) is 18.6. The second-order valence-electron chi connectivity index (χ2n) is 14.7. The van der Waals surface area contributed by atoms with Crippen LogP contribution in [0.3, 0.4) is 0 Å². The van der Waals surface area contributed by atoms with Gasteiger partial charge in [-0.05, 0) is 90.0 Å². The van der Waals surface area contributed by atoms with Crippen molar-refractivity contribution in [2.75, 3.05) is 16.0 Å². The van der Waals surface area contributed by atoms with Gasteiger partial charge in [-0.25, -0.2) is 14.6 Å². The zero-order chi connectivity index (χ0) is 33.9. The number of nitrogens with one attached hydrogen (secondary N) is 3. The monoisotopic (exact) mass is 695 g/mol. The number of hydrogen-bond donors (Lipinski definition) is 3. The van der Waals surface area contributed by atoms with Crippen molar-refractivity contribution in [3.63, 3.8) is 0 Å². The zero-order valence-corrected chi connectivity index (χ0v) is 31.1. The highest BCUT2D eigenvalue weighted by atomic mass is 31.0. The van der Waals surface area contributed by atoms with Gasteiger partial charge in [0, 0.05) is 76.7 Å². The number of aryl methyl sites for hydroxylation is 1. The summed E-state index contributed by atoms with van der Waals surface area (Å²) in [4.78, 5) is 19.6. The van der Waals surface area contributed by atoms with E-state index in [1.807, 2.05) is 47.5 Å². The molecule has 0 aliphatic carbocycles. The van der Waals surface area contributed by atoms with Crippen molar-refractivity contribution in [1.82, 2.24) is 39.1 Å². The van der Waals surface area contributed by atoms with Crippen LogP contribution in [-0.4, -0.2) is 74.8 Å². The number of pyridine rings is 4. The Labute approximate surface area is 293 Å². The number of aromatic nitrogens is 6. The number of piperidine rings is 2. The molecule has 0 radical (unpaired) electrons. The maximum Gasteiger partial charge on any atom is 0.154 e. The number of nitrogens with zero attached hydrogens (tertiary/aromatic N) is 8. The molecule has 0 saturated carbocycles. The topological polar surface area (TPSA) is 112 Å². The van der Waals surface area contributed by atoms with Crippen molar-refractivity contribution in [3.8, 4) is 5.69 Å². The first-order chi connectivity index (χ1) is 23.7. The Morgan fingerprint density at radius 2 is 1.61 bits per heavy atom. The van der Waals surface area contributed by atoms with E-state index in [0.717, 1.165) is 76.9 Å². The van der Waals surface area contributed by atoms with Crippen LogP contribution in [0.1, 0.15) is 71.4 Å². The van der Waals surface area contributed by atoms with E-state index in [2.05, 4.69) is 83.9 Å². The summed E-state index contributed by atoms with van der Waals surface area (Å²) in [5.41, 5.74) is 3.62. The summed E-state index contributed by atoms with van der Waals surface area (Å²) in [5, 5.41) is 18.1. The Balaban J connectivity index is 1.06. The number of fused-ring (bicyclic) bond motifs is 4. The van der Waals surface area contributed by atoms with Crippen LogP contribution in [0.5, 0.6) is 0 Å². The summed E-state index contributed by atoms with van der Waals surface area (Å²) in [6, 6.07) is 14.6. The average molecular weight is 696 g/mol. The summed E-state index contributed by atoms with van der Waals surface area (Å²) in [6.07, 6.45) is 13.5. The second-order valence-corrected chi connectivity index (χ2v) is 15.9. The maximum absolute atomic E-state index is 5.09. The minimum Gasteiger partial charge on any atom is -0.367 e. The molecule has 5 aromatic rings. The van der Waals surface area contributed by atoms with Gasteiger partial charge in [0.25, 0.3) is 0 Å². The standard InChI is InChI=1S/C36H47N11P2/c1-5-24-17-23(19-36(3,4)47(24)49)41-35-27-8-6-12-37-29(27)18-31(43-35)42-32-14-21(2)45(44-32)30-20-39-34(28-9-7-13-38-33(28)30)40-22-15-25-10-11-26(16-22)46(25)48/h6-9,12-14,18,20,22-26H,5,10-11,15-17,19,48-49H2,1-4H3,(H,39,40)(H2,41,42,43,44)/t22?,23-,24-,25-,26+/m0/s1. The zero-order valence-electron chi connectivity index (χ0n) is 28.8. The van der Waals surface area contributed by atoms with Crippen molar-refractivity contribution < 1.29 is 0 Å². The summed E-state index contributed by atoms with van der Waals surface area (Å²) in [7, 11) is 5.92. The predicted octanol–water partition coefficient (Wildman–Crippen LogP) is 7.23. The third-order valence-corrected chi connectivity index (χ3v) is 12.9. The highest BCUT2D eigenvalue weighted by Crippen LogP contribution is 2.40. The highest BCUT2D eigenvalue weighted by molar-refractivity contribution is 7.13. The van der Waals surface area contributed by atoms with Crippen molar-refractivity contribution in [2.24, 2.45) is 0 Å². The van der Waals surface area contributed by atoms with Crippen molar-refractivity contribution >= 4 is 63.9 Å². The van der Waals surface area contributed by atoms with Crippen molar-refractivity contribution in [1.29, 1.82) is 0 Å². The van der Waals surface area contributed by atoms with E-state index >= 15 is 0 Å². The van der Waals surface area contributed by atoms with Crippen molar-refractivity contribution in [3.05, 3.63) is 60.7 Å². The Morgan fingerprint density at radius 1 is 0.878 bits per heavy atom. The number of rotatable bonds is 8. The van der Waals surface area contributed by atoms with Crippen molar-refractivity contribution in [2.45, 2.75) is 108 Å². The number of hydrogen-bond acceptors (Lipinski definition) is 10. The van der Waals surface area contributed by atoms with Gasteiger partial charge in [0.15, 0.2) is 5.82 Å². The fraction of sp³-hybridized carbons (Fsp3) is 0.472. The lowest BCUT2D eigenvalue weighted by molar-refractivity contribution is 0.112. The largest absolute Gasteiger partial charge is 0.367 e. The SMILES string of the molecule is CC[C@H]1C[C@H](Nc2nc(Nc3cc(C)n(-c4cnc(NC5C[C@H]6CC[C@@H](C5)N6P)c5cccnc45)n3)cc3ncccc23)CC(C)(C)N1P. The average Bonchev–Trinajstić information content (AvgIpc) is 3.53. The molecular weight excluding hydrogens is 648 g/mol. The Morgan fingerprint density at radius 3 is 2.39 bits per heavy atom. The third-order valence-electron chi connectivity index (χ3n) is 10.9. The smallest absolute Gasteiger partial charge is 0.154 e. The molecule has 11 nitrogen and oxygen atoms in total. The molecule has 8 heterocycles. The van der Waals surface area contributed by atoms with Crippen LogP contribution < -0.4 is 16.0 Å². The molecule has 3 aliphatic rings. The van der Waals surface area contributed by atoms with E-state index in [1.165, 1.54) is 12.8 Å².